The van der Waals surface area contributed by atoms with Crippen molar-refractivity contribution in [1.29, 1.82) is 0 Å². The van der Waals surface area contributed by atoms with Crippen LogP contribution in [0.4, 0.5) is 0 Å². The van der Waals surface area contributed by atoms with Crippen molar-refractivity contribution in [3.8, 4) is 11.5 Å². The van der Waals surface area contributed by atoms with Gasteiger partial charge in [0.15, 0.2) is 11.5 Å². The van der Waals surface area contributed by atoms with Gasteiger partial charge in [0.2, 0.25) is 0 Å². The number of ether oxygens (including phenoxy) is 1. The molecule has 5 aliphatic carbocycles. The Kier molecular flexibility index (Phi) is 7.65. The van der Waals surface area contributed by atoms with E-state index in [2.05, 4.69) is 40.7 Å². The van der Waals surface area contributed by atoms with Crippen LogP contribution in [0.1, 0.15) is 111 Å². The second-order valence-corrected chi connectivity index (χ2v) is 17.2. The minimum absolute atomic E-state index is 0.0275. The SMILES string of the molecule is CC1(C)CC[C@]2(C(=O)O)CC[C@]3(C)C(=CC[C@@H]4[C@@]5(C)CC[C@H](OC(=O)/C=C/c6ccc(O)c(O)c6)[C@@](C)(C=O)[C@@H]5CC[C@]43C)C2C1. The lowest BCUT2D eigenvalue weighted by Crippen LogP contribution is -2.66. The maximum atomic E-state index is 13.0. The summed E-state index contributed by atoms with van der Waals surface area (Å²) in [6.45, 7) is 13.8. The van der Waals surface area contributed by atoms with Crippen molar-refractivity contribution in [2.75, 3.05) is 0 Å². The minimum Gasteiger partial charge on any atom is -0.504 e. The summed E-state index contributed by atoms with van der Waals surface area (Å²) in [4.78, 5) is 39.0. The van der Waals surface area contributed by atoms with Crippen molar-refractivity contribution in [2.45, 2.75) is 112 Å². The van der Waals surface area contributed by atoms with Gasteiger partial charge >= 0.3 is 11.9 Å². The Hall–Kier alpha value is -3.09. The van der Waals surface area contributed by atoms with Crippen molar-refractivity contribution in [3.63, 3.8) is 0 Å². The number of aliphatic carboxylic acids is 1. The molecule has 7 nitrogen and oxygen atoms in total. The van der Waals surface area contributed by atoms with E-state index in [1.807, 2.05) is 6.92 Å². The van der Waals surface area contributed by atoms with Gasteiger partial charge in [0.05, 0.1) is 10.8 Å². The Morgan fingerprint density at radius 2 is 1.61 bits per heavy atom. The Morgan fingerprint density at radius 3 is 2.28 bits per heavy atom. The van der Waals surface area contributed by atoms with Crippen LogP contribution in [0.15, 0.2) is 35.9 Å². The van der Waals surface area contributed by atoms with Crippen molar-refractivity contribution in [2.24, 2.45) is 50.2 Å². The van der Waals surface area contributed by atoms with E-state index in [1.54, 1.807) is 6.07 Å². The predicted molar refractivity (Wildman–Crippen MR) is 176 cm³/mol. The first-order valence-electron chi connectivity index (χ1n) is 17.3. The summed E-state index contributed by atoms with van der Waals surface area (Å²) >= 11 is 0. The molecular weight excluding hydrogens is 580 g/mol. The van der Waals surface area contributed by atoms with E-state index in [4.69, 9.17) is 4.74 Å². The Bertz CT molecular complexity index is 1510. The molecule has 250 valence electrons. The number of hydrogen-bond donors (Lipinski definition) is 3. The van der Waals surface area contributed by atoms with Gasteiger partial charge in [-0.3, -0.25) is 4.79 Å². The van der Waals surface area contributed by atoms with Gasteiger partial charge in [-0.2, -0.15) is 0 Å². The number of fused-ring (bicyclic) bond motifs is 7. The van der Waals surface area contributed by atoms with Gasteiger partial charge in [0.1, 0.15) is 12.4 Å². The predicted octanol–water partition coefficient (Wildman–Crippen LogP) is 8.09. The summed E-state index contributed by atoms with van der Waals surface area (Å²) in [7, 11) is 0. The van der Waals surface area contributed by atoms with Crippen LogP contribution < -0.4 is 0 Å². The largest absolute Gasteiger partial charge is 0.504 e. The smallest absolute Gasteiger partial charge is 0.331 e. The number of carboxylic acids is 1. The average molecular weight is 633 g/mol. The van der Waals surface area contributed by atoms with E-state index >= 15 is 0 Å². The van der Waals surface area contributed by atoms with Crippen LogP contribution in [0.3, 0.4) is 0 Å². The highest BCUT2D eigenvalue weighted by molar-refractivity contribution is 5.87. The monoisotopic (exact) mass is 632 g/mol. The molecule has 5 aliphatic rings. The zero-order valence-electron chi connectivity index (χ0n) is 28.4. The number of phenolic OH excluding ortho intramolecular Hbond substituents is 2. The Labute approximate surface area is 273 Å². The van der Waals surface area contributed by atoms with Gasteiger partial charge in [0.25, 0.3) is 0 Å². The number of hydrogen-bond acceptors (Lipinski definition) is 6. The molecule has 0 saturated heterocycles. The third-order valence-corrected chi connectivity index (χ3v) is 14.6. The molecular formula is C39H52O7. The highest BCUT2D eigenvalue weighted by Crippen LogP contribution is 2.75. The molecule has 4 fully saturated rings. The Morgan fingerprint density at radius 1 is 0.891 bits per heavy atom. The summed E-state index contributed by atoms with van der Waals surface area (Å²) in [5.74, 6) is -1.21. The van der Waals surface area contributed by atoms with Crippen molar-refractivity contribution in [1.82, 2.24) is 0 Å². The lowest BCUT2D eigenvalue weighted by molar-refractivity contribution is -0.210. The molecule has 1 aromatic carbocycles. The fraction of sp³-hybridized carbons (Fsp3) is 0.667. The molecule has 0 bridgehead atoms. The first-order valence-corrected chi connectivity index (χ1v) is 17.3. The summed E-state index contributed by atoms with van der Waals surface area (Å²) in [6, 6.07) is 4.32. The summed E-state index contributed by atoms with van der Waals surface area (Å²) in [5, 5.41) is 30.0. The molecule has 9 atom stereocenters. The van der Waals surface area contributed by atoms with Crippen molar-refractivity contribution < 1.29 is 34.4 Å². The van der Waals surface area contributed by atoms with E-state index in [-0.39, 0.29) is 45.0 Å². The number of allylic oxidation sites excluding steroid dienone is 2. The number of esters is 1. The van der Waals surface area contributed by atoms with Crippen LogP contribution in [0.5, 0.6) is 11.5 Å². The number of benzene rings is 1. The maximum Gasteiger partial charge on any atom is 0.331 e. The molecule has 0 aliphatic heterocycles. The maximum absolute atomic E-state index is 13.0. The van der Waals surface area contributed by atoms with Crippen molar-refractivity contribution >= 4 is 24.3 Å². The summed E-state index contributed by atoms with van der Waals surface area (Å²) in [5.41, 5.74) is 0.291. The molecule has 0 radical (unpaired) electrons. The van der Waals surface area contributed by atoms with E-state index in [1.165, 1.54) is 29.9 Å². The zero-order chi connectivity index (χ0) is 33.5. The summed E-state index contributed by atoms with van der Waals surface area (Å²) in [6.07, 6.45) is 14.1. The standard InChI is InChI=1S/C39H52O7/c1-34(2)17-19-39(33(44)45)20-18-37(5)25(26(39)22-34)9-11-30-35(3)15-14-31(36(4,23-40)29(35)13-16-38(30,37)6)46-32(43)12-8-24-7-10-27(41)28(42)21-24/h7-10,12,21,23,26,29-31,41-42H,11,13-20,22H2,1-6H3,(H,44,45)/b12-8+/t26?,29-,30-,31+,35+,36+,37-,38-,39+/m1/s1. The quantitative estimate of drug-likeness (QED) is 0.0986. The van der Waals surface area contributed by atoms with E-state index in [0.717, 1.165) is 64.1 Å². The third-order valence-electron chi connectivity index (χ3n) is 14.6. The van der Waals surface area contributed by atoms with Gasteiger partial charge in [-0.15, -0.1) is 0 Å². The zero-order valence-corrected chi connectivity index (χ0v) is 28.4. The fourth-order valence-corrected chi connectivity index (χ4v) is 11.7. The van der Waals surface area contributed by atoms with Gasteiger partial charge in [-0.25, -0.2) is 4.79 Å². The van der Waals surface area contributed by atoms with Crippen LogP contribution in [-0.2, 0) is 19.1 Å². The molecule has 1 unspecified atom stereocenters. The second-order valence-electron chi connectivity index (χ2n) is 17.2. The summed E-state index contributed by atoms with van der Waals surface area (Å²) < 4.78 is 6.01. The number of carbonyl (C=O) groups is 3. The molecule has 3 N–H and O–H groups in total. The Balaban J connectivity index is 1.28. The minimum atomic E-state index is -0.835. The van der Waals surface area contributed by atoms with Gasteiger partial charge < -0.3 is 24.9 Å². The highest BCUT2D eigenvalue weighted by Gasteiger charge is 2.70. The fourth-order valence-electron chi connectivity index (χ4n) is 11.7. The second kappa shape index (κ2) is 10.7. The lowest BCUT2D eigenvalue weighted by atomic mass is 9.33. The topological polar surface area (TPSA) is 121 Å². The molecule has 7 heteroatoms. The number of aromatic hydroxyl groups is 2. The molecule has 1 aromatic rings. The van der Waals surface area contributed by atoms with Gasteiger partial charge in [-0.05, 0) is 134 Å². The first-order chi connectivity index (χ1) is 21.5. The lowest BCUT2D eigenvalue weighted by Gasteiger charge is -2.71. The molecule has 4 saturated carbocycles. The van der Waals surface area contributed by atoms with Crippen LogP contribution in [0, 0.1) is 50.2 Å². The first kappa shape index (κ1) is 32.8. The normalized spacial score (nSPS) is 42.9. The molecule has 0 heterocycles. The van der Waals surface area contributed by atoms with Crippen LogP contribution in [0.2, 0.25) is 0 Å². The van der Waals surface area contributed by atoms with E-state index in [9.17, 15) is 29.7 Å². The number of rotatable bonds is 5. The van der Waals surface area contributed by atoms with E-state index < -0.39 is 28.9 Å². The number of aldehydes is 1. The molecule has 0 aromatic heterocycles. The van der Waals surface area contributed by atoms with Crippen LogP contribution in [-0.4, -0.2) is 39.6 Å². The van der Waals surface area contributed by atoms with Crippen molar-refractivity contribution in [3.05, 3.63) is 41.5 Å². The van der Waals surface area contributed by atoms with Crippen LogP contribution >= 0.6 is 0 Å². The molecule has 6 rings (SSSR count). The average Bonchev–Trinajstić information content (AvgIpc) is 2.99. The molecule has 46 heavy (non-hydrogen) atoms. The number of carboxylic acid groups (broad SMARTS) is 1. The highest BCUT2D eigenvalue weighted by atomic mass is 16.5. The van der Waals surface area contributed by atoms with Gasteiger partial charge in [0, 0.05) is 6.08 Å². The molecule has 0 spiro atoms. The number of carbonyl (C=O) groups excluding carboxylic acids is 2. The van der Waals surface area contributed by atoms with Crippen LogP contribution in [0.25, 0.3) is 6.08 Å². The molecule has 0 amide bonds. The van der Waals surface area contributed by atoms with E-state index in [0.29, 0.717) is 17.9 Å². The number of phenols is 2. The third kappa shape index (κ3) is 4.61. The van der Waals surface area contributed by atoms with Gasteiger partial charge in [-0.1, -0.05) is 52.3 Å².